The van der Waals surface area contributed by atoms with Crippen LogP contribution in [0, 0.1) is 10.4 Å². The maximum absolute atomic E-state index is 11.7. The minimum absolute atomic E-state index is 0. The quantitative estimate of drug-likeness (QED) is 0.449. The second-order valence-electron chi connectivity index (χ2n) is 4.45. The van der Waals surface area contributed by atoms with Gasteiger partial charge >= 0.3 is 11.5 Å². The average Bonchev–Trinajstić information content (AvgIpc) is 2.48. The topological polar surface area (TPSA) is 134 Å². The van der Waals surface area contributed by atoms with Gasteiger partial charge in [0.1, 0.15) is 18.5 Å². The average molecular weight is 332 g/mol. The number of fused-ring (bicyclic) bond motifs is 1. The molecule has 2 aromatic rings. The molecule has 0 fully saturated rings. The van der Waals surface area contributed by atoms with Crippen molar-refractivity contribution in [1.29, 1.82) is 0 Å². The van der Waals surface area contributed by atoms with Crippen LogP contribution >= 0.6 is 12.4 Å². The molecule has 10 heteroatoms. The number of rotatable bonds is 6. The summed E-state index contributed by atoms with van der Waals surface area (Å²) in [5.41, 5.74) is 5.45. The molecule has 0 amide bonds. The molecule has 1 unspecified atom stereocenters. The number of hydrogen-bond donors (Lipinski definition) is 3. The van der Waals surface area contributed by atoms with Crippen molar-refractivity contribution in [2.24, 2.45) is 0 Å². The van der Waals surface area contributed by atoms with Crippen LogP contribution in [-0.4, -0.2) is 36.0 Å². The number of aliphatic hydroxyl groups excluding tert-OH is 1. The first-order chi connectivity index (χ1) is 10.0. The van der Waals surface area contributed by atoms with E-state index in [-0.39, 0.29) is 34.9 Å². The zero-order chi connectivity index (χ0) is 15.4. The zero-order valence-electron chi connectivity index (χ0n) is 11.9. The first-order valence-corrected chi connectivity index (χ1v) is 6.47. The minimum atomic E-state index is -0.672. The number of anilines is 1. The Bertz CT molecular complexity index is 642. The Hall–Kier alpha value is -2.10. The molecule has 0 bridgehead atoms. The maximum atomic E-state index is 11.7. The van der Waals surface area contributed by atoms with Crippen LogP contribution in [0.3, 0.4) is 0 Å². The molecular formula is C12H18ClN5O4. The SMILES string of the molecule is CCNCC(O)COc1ccc2c(c1)[n+]([O-])nc(N)[n+]2[O-].Cl. The molecule has 0 aliphatic heterocycles. The number of aromatic nitrogens is 3. The number of halogens is 1. The molecule has 0 radical (unpaired) electrons. The van der Waals surface area contributed by atoms with E-state index in [1.165, 1.54) is 18.2 Å². The van der Waals surface area contributed by atoms with E-state index < -0.39 is 12.1 Å². The van der Waals surface area contributed by atoms with Gasteiger partial charge in [-0.15, -0.1) is 12.4 Å². The van der Waals surface area contributed by atoms with Crippen LogP contribution in [0.2, 0.25) is 0 Å². The highest BCUT2D eigenvalue weighted by atomic mass is 35.5. The number of nitrogens with two attached hydrogens (primary N) is 1. The third-order valence-electron chi connectivity index (χ3n) is 2.85. The molecule has 1 aromatic carbocycles. The van der Waals surface area contributed by atoms with Gasteiger partial charge in [0.15, 0.2) is 5.52 Å². The Labute approximate surface area is 132 Å². The van der Waals surface area contributed by atoms with E-state index in [2.05, 4.69) is 10.4 Å². The number of nitrogens with zero attached hydrogens (tertiary/aromatic N) is 3. The van der Waals surface area contributed by atoms with Crippen LogP contribution in [0.15, 0.2) is 18.2 Å². The van der Waals surface area contributed by atoms with Gasteiger partial charge in [0.2, 0.25) is 5.10 Å². The van der Waals surface area contributed by atoms with Gasteiger partial charge in [0.25, 0.3) is 0 Å². The molecule has 0 aliphatic carbocycles. The predicted molar refractivity (Wildman–Crippen MR) is 81.4 cm³/mol. The van der Waals surface area contributed by atoms with Crippen LogP contribution < -0.4 is 25.4 Å². The Balaban J connectivity index is 0.00000242. The van der Waals surface area contributed by atoms with Gasteiger partial charge in [-0.05, 0) is 18.7 Å². The van der Waals surface area contributed by atoms with Gasteiger partial charge < -0.3 is 25.6 Å². The predicted octanol–water partition coefficient (Wildman–Crippen LogP) is -1.15. The molecule has 0 saturated heterocycles. The van der Waals surface area contributed by atoms with Crippen LogP contribution in [0.1, 0.15) is 6.92 Å². The fourth-order valence-electron chi connectivity index (χ4n) is 1.79. The molecule has 1 aromatic heterocycles. The summed E-state index contributed by atoms with van der Waals surface area (Å²) in [6.07, 6.45) is -0.672. The number of hydrogen-bond acceptors (Lipinski definition) is 7. The number of nitrogens with one attached hydrogen (secondary N) is 1. The molecule has 0 spiro atoms. The number of aliphatic hydroxyl groups is 1. The second-order valence-corrected chi connectivity index (χ2v) is 4.45. The van der Waals surface area contributed by atoms with Crippen molar-refractivity contribution in [3.05, 3.63) is 28.6 Å². The normalized spacial score (nSPS) is 11.9. The van der Waals surface area contributed by atoms with Gasteiger partial charge in [0, 0.05) is 11.4 Å². The lowest BCUT2D eigenvalue weighted by atomic mass is 10.3. The highest BCUT2D eigenvalue weighted by molar-refractivity contribution is 5.85. The fourth-order valence-corrected chi connectivity index (χ4v) is 1.79. The van der Waals surface area contributed by atoms with E-state index in [0.717, 1.165) is 6.54 Å². The van der Waals surface area contributed by atoms with Crippen molar-refractivity contribution >= 4 is 29.4 Å². The molecule has 4 N–H and O–H groups in total. The summed E-state index contributed by atoms with van der Waals surface area (Å²) in [6, 6.07) is 4.32. The molecule has 1 heterocycles. The van der Waals surface area contributed by atoms with Gasteiger partial charge in [-0.3, -0.25) is 5.73 Å². The van der Waals surface area contributed by atoms with E-state index in [1.807, 2.05) is 6.92 Å². The molecule has 122 valence electrons. The van der Waals surface area contributed by atoms with Crippen molar-refractivity contribution < 1.29 is 19.4 Å². The number of benzene rings is 1. The lowest BCUT2D eigenvalue weighted by Crippen LogP contribution is -2.44. The summed E-state index contributed by atoms with van der Waals surface area (Å²) in [7, 11) is 0. The zero-order valence-corrected chi connectivity index (χ0v) is 12.7. The minimum Gasteiger partial charge on any atom is -0.739 e. The van der Waals surface area contributed by atoms with Crippen molar-refractivity contribution in [2.45, 2.75) is 13.0 Å². The van der Waals surface area contributed by atoms with E-state index in [1.54, 1.807) is 0 Å². The highest BCUT2D eigenvalue weighted by Crippen LogP contribution is 2.16. The smallest absolute Gasteiger partial charge is 0.458 e. The number of nitrogen functional groups attached to an aromatic ring is 1. The van der Waals surface area contributed by atoms with E-state index in [9.17, 15) is 15.5 Å². The van der Waals surface area contributed by atoms with Gasteiger partial charge in [-0.2, -0.15) is 0 Å². The van der Waals surface area contributed by atoms with Crippen molar-refractivity contribution in [3.63, 3.8) is 0 Å². The Kier molecular flexibility index (Phi) is 6.35. The second kappa shape index (κ2) is 7.78. The lowest BCUT2D eigenvalue weighted by Gasteiger charge is -2.13. The summed E-state index contributed by atoms with van der Waals surface area (Å²) < 4.78 is 5.75. The standard InChI is InChI=1S/C12H17N5O4.ClH/c1-2-14-6-8(18)7-21-9-3-4-10-11(5-9)17(20)15-12(13)16(10)19;/h3-5,8,14,18H,2,6-7H2,1H3,(H2,13,15);1H. The van der Waals surface area contributed by atoms with Crippen LogP contribution in [0.4, 0.5) is 5.95 Å². The van der Waals surface area contributed by atoms with E-state index in [0.29, 0.717) is 17.0 Å². The van der Waals surface area contributed by atoms with Crippen molar-refractivity contribution in [1.82, 2.24) is 10.4 Å². The number of ether oxygens (including phenoxy) is 1. The van der Waals surface area contributed by atoms with Crippen LogP contribution in [-0.2, 0) is 0 Å². The third kappa shape index (κ3) is 3.97. The van der Waals surface area contributed by atoms with E-state index in [4.69, 9.17) is 10.5 Å². The molecule has 0 saturated carbocycles. The monoisotopic (exact) mass is 331 g/mol. The van der Waals surface area contributed by atoms with Gasteiger partial charge in [0.05, 0.1) is 6.07 Å². The lowest BCUT2D eigenvalue weighted by molar-refractivity contribution is -0.672. The van der Waals surface area contributed by atoms with Gasteiger partial charge in [-0.25, -0.2) is 4.73 Å². The van der Waals surface area contributed by atoms with Crippen molar-refractivity contribution in [3.8, 4) is 5.75 Å². The molecule has 22 heavy (non-hydrogen) atoms. The summed E-state index contributed by atoms with van der Waals surface area (Å²) in [4.78, 5) is 0.265. The Morgan fingerprint density at radius 3 is 2.82 bits per heavy atom. The molecule has 0 aliphatic rings. The molecule has 1 atom stereocenters. The first kappa shape index (κ1) is 18.0. The largest absolute Gasteiger partial charge is 0.739 e. The number of likely N-dealkylation sites (N-methyl/N-ethyl adjacent to an activating group) is 1. The Morgan fingerprint density at radius 2 is 2.14 bits per heavy atom. The van der Waals surface area contributed by atoms with Crippen LogP contribution in [0.5, 0.6) is 5.75 Å². The summed E-state index contributed by atoms with van der Waals surface area (Å²) in [5.74, 6) is -0.0681. The summed E-state index contributed by atoms with van der Waals surface area (Å²) in [6.45, 7) is 3.15. The first-order valence-electron chi connectivity index (χ1n) is 6.47. The molecule has 2 rings (SSSR count). The van der Waals surface area contributed by atoms with E-state index >= 15 is 0 Å². The summed E-state index contributed by atoms with van der Waals surface area (Å²) >= 11 is 0. The molecule has 9 nitrogen and oxygen atoms in total. The maximum Gasteiger partial charge on any atom is 0.458 e. The Morgan fingerprint density at radius 1 is 1.41 bits per heavy atom. The van der Waals surface area contributed by atoms with Gasteiger partial charge in [-0.1, -0.05) is 6.92 Å². The molecular weight excluding hydrogens is 314 g/mol. The van der Waals surface area contributed by atoms with Crippen LogP contribution in [0.25, 0.3) is 11.0 Å². The van der Waals surface area contributed by atoms with Crippen molar-refractivity contribution in [2.75, 3.05) is 25.4 Å². The highest BCUT2D eigenvalue weighted by Gasteiger charge is 2.18. The fraction of sp³-hybridized carbons (Fsp3) is 0.417. The summed E-state index contributed by atoms with van der Waals surface area (Å²) in [5, 5.41) is 39.3. The third-order valence-corrected chi connectivity index (χ3v) is 2.85.